The number of hydrogen-bond acceptors (Lipinski definition) is 4. The van der Waals surface area contributed by atoms with E-state index in [4.69, 9.17) is 4.52 Å². The summed E-state index contributed by atoms with van der Waals surface area (Å²) in [6, 6.07) is 2.42. The molecule has 0 bridgehead atoms. The average Bonchev–Trinajstić information content (AvgIpc) is 2.64. The van der Waals surface area contributed by atoms with Gasteiger partial charge in [0.1, 0.15) is 5.76 Å². The van der Waals surface area contributed by atoms with Crippen LogP contribution in [0.3, 0.4) is 0 Å². The van der Waals surface area contributed by atoms with E-state index in [-0.39, 0.29) is 0 Å². The molecule has 0 atom stereocenters. The molecule has 0 aromatic carbocycles. The first-order valence-electron chi connectivity index (χ1n) is 5.24. The molecule has 0 radical (unpaired) electrons. The zero-order chi connectivity index (χ0) is 10.7. The summed E-state index contributed by atoms with van der Waals surface area (Å²) in [6.45, 7) is 2.63. The second kappa shape index (κ2) is 4.90. The van der Waals surface area contributed by atoms with Crippen LogP contribution >= 0.6 is 0 Å². The number of nitrogens with one attached hydrogen (secondary N) is 1. The van der Waals surface area contributed by atoms with Crippen molar-refractivity contribution in [2.45, 2.75) is 32.4 Å². The van der Waals surface area contributed by atoms with Gasteiger partial charge in [-0.15, -0.1) is 0 Å². The molecule has 84 valence electrons. The van der Waals surface area contributed by atoms with Gasteiger partial charge in [-0.3, -0.25) is 4.21 Å². The average molecular weight is 228 g/mol. The lowest BCUT2D eigenvalue weighted by Crippen LogP contribution is -2.35. The van der Waals surface area contributed by atoms with Gasteiger partial charge in [-0.1, -0.05) is 5.16 Å². The molecule has 0 aliphatic carbocycles. The van der Waals surface area contributed by atoms with E-state index in [0.717, 1.165) is 42.3 Å². The van der Waals surface area contributed by atoms with E-state index in [2.05, 4.69) is 10.5 Å². The zero-order valence-electron chi connectivity index (χ0n) is 8.86. The zero-order valence-corrected chi connectivity index (χ0v) is 9.68. The highest BCUT2D eigenvalue weighted by Gasteiger charge is 2.17. The SMILES string of the molecule is Cc1cc(CNC2CCS(=O)CC2)no1. The maximum atomic E-state index is 11.1. The van der Waals surface area contributed by atoms with Crippen molar-refractivity contribution in [2.24, 2.45) is 0 Å². The quantitative estimate of drug-likeness (QED) is 0.838. The van der Waals surface area contributed by atoms with Crippen molar-refractivity contribution in [3.8, 4) is 0 Å². The third-order valence-electron chi connectivity index (χ3n) is 2.64. The number of aryl methyl sites for hydroxylation is 1. The van der Waals surface area contributed by atoms with Gasteiger partial charge in [-0.25, -0.2) is 0 Å². The summed E-state index contributed by atoms with van der Waals surface area (Å²) in [6.07, 6.45) is 2.01. The van der Waals surface area contributed by atoms with E-state index in [9.17, 15) is 4.21 Å². The van der Waals surface area contributed by atoms with Crippen molar-refractivity contribution in [1.82, 2.24) is 10.5 Å². The molecular weight excluding hydrogens is 212 g/mol. The van der Waals surface area contributed by atoms with E-state index < -0.39 is 10.8 Å². The predicted molar refractivity (Wildman–Crippen MR) is 59.0 cm³/mol. The van der Waals surface area contributed by atoms with Gasteiger partial charge in [0.25, 0.3) is 0 Å². The lowest BCUT2D eigenvalue weighted by molar-refractivity contribution is 0.383. The lowest BCUT2D eigenvalue weighted by Gasteiger charge is -2.21. The predicted octanol–water partition coefficient (Wildman–Crippen LogP) is 0.984. The molecule has 1 aliphatic heterocycles. The van der Waals surface area contributed by atoms with Gasteiger partial charge < -0.3 is 9.84 Å². The molecule has 1 aromatic heterocycles. The van der Waals surface area contributed by atoms with Gasteiger partial charge in [-0.05, 0) is 19.8 Å². The highest BCUT2D eigenvalue weighted by molar-refractivity contribution is 7.85. The first kappa shape index (κ1) is 10.8. The molecule has 1 fully saturated rings. The number of aromatic nitrogens is 1. The van der Waals surface area contributed by atoms with Crippen LogP contribution in [0.5, 0.6) is 0 Å². The molecular formula is C10H16N2O2S. The Morgan fingerprint density at radius 1 is 1.60 bits per heavy atom. The second-order valence-corrected chi connectivity index (χ2v) is 5.63. The molecule has 15 heavy (non-hydrogen) atoms. The molecule has 0 unspecified atom stereocenters. The van der Waals surface area contributed by atoms with Gasteiger partial charge in [0, 0.05) is 41.0 Å². The van der Waals surface area contributed by atoms with Crippen LogP contribution in [0.4, 0.5) is 0 Å². The summed E-state index contributed by atoms with van der Waals surface area (Å²) in [7, 11) is -0.579. The van der Waals surface area contributed by atoms with Crippen LogP contribution in [0.25, 0.3) is 0 Å². The smallest absolute Gasteiger partial charge is 0.133 e. The van der Waals surface area contributed by atoms with E-state index in [1.807, 2.05) is 13.0 Å². The Hall–Kier alpha value is -0.680. The summed E-state index contributed by atoms with van der Waals surface area (Å²) in [4.78, 5) is 0. The first-order chi connectivity index (χ1) is 7.24. The van der Waals surface area contributed by atoms with Crippen LogP contribution in [-0.2, 0) is 17.3 Å². The maximum Gasteiger partial charge on any atom is 0.133 e. The van der Waals surface area contributed by atoms with Crippen molar-refractivity contribution < 1.29 is 8.73 Å². The summed E-state index contributed by atoms with van der Waals surface area (Å²) < 4.78 is 16.1. The Kier molecular flexibility index (Phi) is 3.53. The van der Waals surface area contributed by atoms with Gasteiger partial charge in [0.05, 0.1) is 5.69 Å². The monoisotopic (exact) mass is 228 g/mol. The summed E-state index contributed by atoms with van der Waals surface area (Å²) in [5.41, 5.74) is 0.944. The third-order valence-corrected chi connectivity index (χ3v) is 4.02. The molecule has 2 rings (SSSR count). The molecule has 1 saturated heterocycles. The Bertz CT molecular complexity index is 341. The molecule has 1 N–H and O–H groups in total. The summed E-state index contributed by atoms with van der Waals surface area (Å²) in [5, 5.41) is 7.33. The minimum absolute atomic E-state index is 0.486. The fourth-order valence-corrected chi connectivity index (χ4v) is 3.05. The lowest BCUT2D eigenvalue weighted by atomic mass is 10.1. The van der Waals surface area contributed by atoms with Crippen molar-refractivity contribution in [1.29, 1.82) is 0 Å². The summed E-state index contributed by atoms with van der Waals surface area (Å²) >= 11 is 0. The molecule has 4 nitrogen and oxygen atoms in total. The van der Waals surface area contributed by atoms with Crippen LogP contribution < -0.4 is 5.32 Å². The topological polar surface area (TPSA) is 55.1 Å². The highest BCUT2D eigenvalue weighted by Crippen LogP contribution is 2.10. The van der Waals surface area contributed by atoms with Gasteiger partial charge >= 0.3 is 0 Å². The van der Waals surface area contributed by atoms with Crippen LogP contribution in [0.2, 0.25) is 0 Å². The molecule has 0 saturated carbocycles. The van der Waals surface area contributed by atoms with Gasteiger partial charge in [-0.2, -0.15) is 0 Å². The maximum absolute atomic E-state index is 11.1. The van der Waals surface area contributed by atoms with E-state index in [1.165, 1.54) is 0 Å². The van der Waals surface area contributed by atoms with Gasteiger partial charge in [0.15, 0.2) is 0 Å². The third kappa shape index (κ3) is 3.14. The number of hydrogen-bond donors (Lipinski definition) is 1. The molecule has 0 spiro atoms. The Balaban J connectivity index is 1.76. The van der Waals surface area contributed by atoms with Gasteiger partial charge in [0.2, 0.25) is 0 Å². The Labute approximate surface area is 91.9 Å². The Morgan fingerprint density at radius 2 is 2.33 bits per heavy atom. The summed E-state index contributed by atoms with van der Waals surface area (Å²) in [5.74, 6) is 2.50. The van der Waals surface area contributed by atoms with Crippen LogP contribution in [0.1, 0.15) is 24.3 Å². The Morgan fingerprint density at radius 3 is 2.93 bits per heavy atom. The molecule has 5 heteroatoms. The van der Waals surface area contributed by atoms with E-state index in [1.54, 1.807) is 0 Å². The van der Waals surface area contributed by atoms with E-state index in [0.29, 0.717) is 6.04 Å². The van der Waals surface area contributed by atoms with E-state index >= 15 is 0 Å². The van der Waals surface area contributed by atoms with Crippen LogP contribution in [0.15, 0.2) is 10.6 Å². The van der Waals surface area contributed by atoms with Crippen molar-refractivity contribution in [3.05, 3.63) is 17.5 Å². The minimum Gasteiger partial charge on any atom is -0.361 e. The van der Waals surface area contributed by atoms with Crippen molar-refractivity contribution in [3.63, 3.8) is 0 Å². The van der Waals surface area contributed by atoms with Crippen LogP contribution in [0, 0.1) is 6.92 Å². The van der Waals surface area contributed by atoms with Crippen molar-refractivity contribution in [2.75, 3.05) is 11.5 Å². The number of nitrogens with zero attached hydrogens (tertiary/aromatic N) is 1. The normalized spacial score (nSPS) is 26.7. The number of rotatable bonds is 3. The molecule has 2 heterocycles. The molecule has 1 aromatic rings. The molecule has 1 aliphatic rings. The first-order valence-corrected chi connectivity index (χ1v) is 6.73. The van der Waals surface area contributed by atoms with Crippen LogP contribution in [-0.4, -0.2) is 26.9 Å². The fraction of sp³-hybridized carbons (Fsp3) is 0.700. The minimum atomic E-state index is -0.579. The fourth-order valence-electron chi connectivity index (χ4n) is 1.75. The molecule has 0 amide bonds. The largest absolute Gasteiger partial charge is 0.361 e. The standard InChI is InChI=1S/C10H16N2O2S/c1-8-6-10(12-14-8)7-11-9-2-4-15(13)5-3-9/h6,9,11H,2-5,7H2,1H3. The highest BCUT2D eigenvalue weighted by atomic mass is 32.2. The van der Waals surface area contributed by atoms with Crippen molar-refractivity contribution >= 4 is 10.8 Å². The second-order valence-electron chi connectivity index (χ2n) is 3.93.